The van der Waals surface area contributed by atoms with Gasteiger partial charge in [-0.3, -0.25) is 9.59 Å². The fourth-order valence-corrected chi connectivity index (χ4v) is 2.96. The van der Waals surface area contributed by atoms with Gasteiger partial charge in [-0.1, -0.05) is 23.2 Å². The molecule has 1 atom stereocenters. The van der Waals surface area contributed by atoms with Crippen molar-refractivity contribution < 1.29 is 22.8 Å². The maximum absolute atomic E-state index is 12.5. The van der Waals surface area contributed by atoms with Crippen molar-refractivity contribution in [1.29, 1.82) is 0 Å². The number of likely N-dealkylation sites (tertiary alicyclic amines) is 1. The molecular formula is C14H13Cl2F3N2O2. The zero-order valence-corrected chi connectivity index (χ0v) is 13.3. The highest BCUT2D eigenvalue weighted by Gasteiger charge is 2.36. The highest BCUT2D eigenvalue weighted by Crippen LogP contribution is 2.24. The van der Waals surface area contributed by atoms with Crippen LogP contribution in [0, 0.1) is 0 Å². The number of benzene rings is 1. The summed E-state index contributed by atoms with van der Waals surface area (Å²) in [7, 11) is 0. The van der Waals surface area contributed by atoms with Gasteiger partial charge in [0.1, 0.15) is 12.6 Å². The Kier molecular flexibility index (Phi) is 5.41. The SMILES string of the molecule is O=C(NCC(F)(F)F)C1CCCN1C(=O)c1cc(Cl)cc(Cl)c1. The molecule has 1 unspecified atom stereocenters. The second-order valence-corrected chi connectivity index (χ2v) is 6.02. The fraction of sp³-hybridized carbons (Fsp3) is 0.429. The number of nitrogens with one attached hydrogen (secondary N) is 1. The third kappa shape index (κ3) is 4.75. The van der Waals surface area contributed by atoms with Crippen LogP contribution in [0.3, 0.4) is 0 Å². The van der Waals surface area contributed by atoms with E-state index in [2.05, 4.69) is 0 Å². The first-order valence-electron chi connectivity index (χ1n) is 6.79. The zero-order valence-electron chi connectivity index (χ0n) is 11.8. The van der Waals surface area contributed by atoms with Gasteiger partial charge in [-0.15, -0.1) is 0 Å². The van der Waals surface area contributed by atoms with Crippen LogP contribution >= 0.6 is 23.2 Å². The van der Waals surface area contributed by atoms with E-state index in [0.29, 0.717) is 12.8 Å². The average molecular weight is 369 g/mol. The highest BCUT2D eigenvalue weighted by atomic mass is 35.5. The Morgan fingerprint density at radius 2 is 1.83 bits per heavy atom. The van der Waals surface area contributed by atoms with Crippen molar-refractivity contribution in [3.63, 3.8) is 0 Å². The first-order chi connectivity index (χ1) is 10.7. The number of halogens is 5. The lowest BCUT2D eigenvalue weighted by Gasteiger charge is -2.24. The van der Waals surface area contributed by atoms with Crippen molar-refractivity contribution in [2.75, 3.05) is 13.1 Å². The molecule has 0 aromatic heterocycles. The number of hydrogen-bond acceptors (Lipinski definition) is 2. The minimum atomic E-state index is -4.50. The molecule has 126 valence electrons. The van der Waals surface area contributed by atoms with Crippen molar-refractivity contribution in [2.45, 2.75) is 25.1 Å². The Morgan fingerprint density at radius 1 is 1.22 bits per heavy atom. The molecule has 2 rings (SSSR count). The normalized spacial score (nSPS) is 18.1. The maximum Gasteiger partial charge on any atom is 0.405 e. The number of rotatable bonds is 3. The predicted molar refractivity (Wildman–Crippen MR) is 79.6 cm³/mol. The average Bonchev–Trinajstić information content (AvgIpc) is 2.91. The number of carbonyl (C=O) groups excluding carboxylic acids is 2. The molecule has 0 aliphatic carbocycles. The van der Waals surface area contributed by atoms with Crippen LogP contribution in [-0.2, 0) is 4.79 Å². The van der Waals surface area contributed by atoms with Gasteiger partial charge in [0.25, 0.3) is 5.91 Å². The van der Waals surface area contributed by atoms with Crippen LogP contribution in [0.25, 0.3) is 0 Å². The third-order valence-electron chi connectivity index (χ3n) is 3.39. The first-order valence-corrected chi connectivity index (χ1v) is 7.54. The standard InChI is InChI=1S/C14H13Cl2F3N2O2/c15-9-4-8(5-10(16)6-9)13(23)21-3-1-2-11(21)12(22)20-7-14(17,18)19/h4-6,11H,1-3,7H2,(H,20,22). The molecule has 4 nitrogen and oxygen atoms in total. The zero-order chi connectivity index (χ0) is 17.2. The van der Waals surface area contributed by atoms with Crippen LogP contribution in [-0.4, -0.2) is 42.0 Å². The van der Waals surface area contributed by atoms with Crippen molar-refractivity contribution in [2.24, 2.45) is 0 Å². The van der Waals surface area contributed by atoms with E-state index in [1.54, 1.807) is 0 Å². The lowest BCUT2D eigenvalue weighted by molar-refractivity contribution is -0.140. The first kappa shape index (κ1) is 17.9. The molecule has 1 saturated heterocycles. The van der Waals surface area contributed by atoms with Crippen molar-refractivity contribution >= 4 is 35.0 Å². The molecular weight excluding hydrogens is 356 g/mol. The Labute approximate surface area is 140 Å². The molecule has 0 saturated carbocycles. The van der Waals surface area contributed by atoms with E-state index < -0.39 is 30.6 Å². The Balaban J connectivity index is 2.11. The molecule has 1 aliphatic rings. The van der Waals surface area contributed by atoms with Crippen LogP contribution in [0.4, 0.5) is 13.2 Å². The summed E-state index contributed by atoms with van der Waals surface area (Å²) in [4.78, 5) is 25.6. The monoisotopic (exact) mass is 368 g/mol. The molecule has 0 bridgehead atoms. The van der Waals surface area contributed by atoms with Gasteiger partial charge < -0.3 is 10.2 Å². The fourth-order valence-electron chi connectivity index (χ4n) is 2.43. The number of amides is 2. The number of carbonyl (C=O) groups is 2. The second-order valence-electron chi connectivity index (χ2n) is 5.15. The van der Waals surface area contributed by atoms with Gasteiger partial charge in [0.15, 0.2) is 0 Å². The van der Waals surface area contributed by atoms with E-state index in [0.717, 1.165) is 0 Å². The lowest BCUT2D eigenvalue weighted by atomic mass is 10.1. The van der Waals surface area contributed by atoms with Gasteiger partial charge in [0, 0.05) is 22.2 Å². The van der Waals surface area contributed by atoms with E-state index in [4.69, 9.17) is 23.2 Å². The quantitative estimate of drug-likeness (QED) is 0.889. The van der Waals surface area contributed by atoms with Crippen LogP contribution in [0.2, 0.25) is 10.0 Å². The summed E-state index contributed by atoms with van der Waals surface area (Å²) < 4.78 is 36.6. The van der Waals surface area contributed by atoms with E-state index in [1.165, 1.54) is 23.1 Å². The van der Waals surface area contributed by atoms with Gasteiger partial charge in [-0.05, 0) is 31.0 Å². The molecule has 1 aliphatic heterocycles. The van der Waals surface area contributed by atoms with E-state index in [1.807, 2.05) is 5.32 Å². The van der Waals surface area contributed by atoms with Crippen molar-refractivity contribution in [1.82, 2.24) is 10.2 Å². The largest absolute Gasteiger partial charge is 0.405 e. The molecule has 0 radical (unpaired) electrons. The van der Waals surface area contributed by atoms with Crippen LogP contribution in [0.5, 0.6) is 0 Å². The molecule has 1 fully saturated rings. The van der Waals surface area contributed by atoms with Gasteiger partial charge in [-0.25, -0.2) is 0 Å². The maximum atomic E-state index is 12.5. The van der Waals surface area contributed by atoms with E-state index in [9.17, 15) is 22.8 Å². The summed E-state index contributed by atoms with van der Waals surface area (Å²) in [5, 5.41) is 2.34. The molecule has 1 N–H and O–H groups in total. The summed E-state index contributed by atoms with van der Waals surface area (Å²) in [6, 6.07) is 3.33. The highest BCUT2D eigenvalue weighted by molar-refractivity contribution is 6.35. The molecule has 1 aromatic rings. The number of alkyl halides is 3. The lowest BCUT2D eigenvalue weighted by Crippen LogP contribution is -2.48. The predicted octanol–water partition coefficient (Wildman–Crippen LogP) is 3.28. The summed E-state index contributed by atoms with van der Waals surface area (Å²) in [5.74, 6) is -1.31. The van der Waals surface area contributed by atoms with E-state index >= 15 is 0 Å². The number of hydrogen-bond donors (Lipinski definition) is 1. The molecule has 2 amide bonds. The van der Waals surface area contributed by atoms with Crippen molar-refractivity contribution in [3.8, 4) is 0 Å². The van der Waals surface area contributed by atoms with Crippen LogP contribution in [0.15, 0.2) is 18.2 Å². The van der Waals surface area contributed by atoms with Gasteiger partial charge >= 0.3 is 6.18 Å². The minimum absolute atomic E-state index is 0.193. The van der Waals surface area contributed by atoms with Gasteiger partial charge in [0.2, 0.25) is 5.91 Å². The summed E-state index contributed by atoms with van der Waals surface area (Å²) in [6.45, 7) is -1.14. The molecule has 1 aromatic carbocycles. The van der Waals surface area contributed by atoms with Crippen LogP contribution < -0.4 is 5.32 Å². The third-order valence-corrected chi connectivity index (χ3v) is 3.83. The summed E-state index contributed by atoms with van der Waals surface area (Å²) in [6.07, 6.45) is -3.66. The molecule has 9 heteroatoms. The smallest absolute Gasteiger partial charge is 0.345 e. The molecule has 23 heavy (non-hydrogen) atoms. The van der Waals surface area contributed by atoms with E-state index in [-0.39, 0.29) is 22.2 Å². The second kappa shape index (κ2) is 6.97. The molecule has 1 heterocycles. The summed E-state index contributed by atoms with van der Waals surface area (Å²) in [5.41, 5.74) is 0.193. The Bertz CT molecular complexity index is 602. The van der Waals surface area contributed by atoms with Crippen molar-refractivity contribution in [3.05, 3.63) is 33.8 Å². The minimum Gasteiger partial charge on any atom is -0.345 e. The topological polar surface area (TPSA) is 49.4 Å². The number of nitrogens with zero attached hydrogens (tertiary/aromatic N) is 1. The molecule has 0 spiro atoms. The van der Waals surface area contributed by atoms with Crippen LogP contribution in [0.1, 0.15) is 23.2 Å². The Hall–Kier alpha value is -1.47. The summed E-state index contributed by atoms with van der Waals surface area (Å²) >= 11 is 11.7. The Morgan fingerprint density at radius 3 is 2.39 bits per heavy atom. The van der Waals surface area contributed by atoms with Gasteiger partial charge in [-0.2, -0.15) is 13.2 Å². The van der Waals surface area contributed by atoms with Gasteiger partial charge in [0.05, 0.1) is 0 Å².